The summed E-state index contributed by atoms with van der Waals surface area (Å²) in [6.07, 6.45) is 10.4. The summed E-state index contributed by atoms with van der Waals surface area (Å²) in [7, 11) is 6.57. The van der Waals surface area contributed by atoms with Gasteiger partial charge in [0, 0.05) is 12.5 Å². The average Bonchev–Trinajstić information content (AvgIpc) is 3.02. The summed E-state index contributed by atoms with van der Waals surface area (Å²) in [5, 5.41) is 0. The zero-order valence-electron chi connectivity index (χ0n) is 20.0. The lowest BCUT2D eigenvalue weighted by atomic mass is 9.50. The molecule has 4 rings (SSSR count). The molecule has 0 aromatic heterocycles. The van der Waals surface area contributed by atoms with Crippen LogP contribution in [0.1, 0.15) is 72.1 Å². The van der Waals surface area contributed by atoms with E-state index in [0.29, 0.717) is 17.3 Å². The Morgan fingerprint density at radius 3 is 2.52 bits per heavy atom. The Balaban J connectivity index is 1.34. The van der Waals surface area contributed by atoms with Gasteiger partial charge in [0.25, 0.3) is 0 Å². The maximum atomic E-state index is 6.94. The number of rotatable bonds is 9. The molecule has 4 heteroatoms. The van der Waals surface area contributed by atoms with Crippen molar-refractivity contribution in [1.29, 1.82) is 0 Å². The molecule has 0 aromatic carbocycles. The fourth-order valence-electron chi connectivity index (χ4n) is 7.65. The van der Waals surface area contributed by atoms with E-state index in [-0.39, 0.29) is 11.2 Å². The zero-order valence-corrected chi connectivity index (χ0v) is 20.0. The first kappa shape index (κ1) is 21.8. The number of nitrogens with zero attached hydrogens (tertiary/aromatic N) is 3. The smallest absolute Gasteiger partial charge is 0.107 e. The molecule has 3 saturated carbocycles. The molecule has 1 saturated heterocycles. The van der Waals surface area contributed by atoms with Crippen LogP contribution in [-0.4, -0.2) is 74.0 Å². The molecule has 1 heterocycles. The van der Waals surface area contributed by atoms with Gasteiger partial charge >= 0.3 is 0 Å². The second-order valence-electron chi connectivity index (χ2n) is 11.5. The Bertz CT molecular complexity index is 634. The molecule has 3 bridgehead atoms. The van der Waals surface area contributed by atoms with Crippen molar-refractivity contribution in [3.8, 4) is 0 Å². The Hall–Kier alpha value is -0.450. The van der Waals surface area contributed by atoms with E-state index in [2.05, 4.69) is 51.7 Å². The van der Waals surface area contributed by atoms with Crippen LogP contribution in [0.2, 0.25) is 0 Å². The van der Waals surface area contributed by atoms with Gasteiger partial charge in [-0.25, -0.2) is 0 Å². The Labute approximate surface area is 179 Å². The van der Waals surface area contributed by atoms with Gasteiger partial charge in [-0.05, 0) is 123 Å². The Kier molecular flexibility index (Phi) is 5.94. The van der Waals surface area contributed by atoms with Crippen molar-refractivity contribution in [2.24, 2.45) is 28.2 Å². The fourth-order valence-corrected chi connectivity index (χ4v) is 7.65. The standard InChI is InChI=1S/C25H45N3O/c1-19-10-11-21-24(3)22(20-18-25(19,21)13-12-23(20,2)29-24)26-14-7-8-16-28(6)17-9-15-27(4)5/h19-21H,7-18H2,1-6H3/t19-,20-,21-,23-,24+,25?/m1/s1. The lowest BCUT2D eigenvalue weighted by molar-refractivity contribution is -0.0938. The molecule has 1 unspecified atom stereocenters. The normalized spacial score (nSPS) is 44.4. The predicted molar refractivity (Wildman–Crippen MR) is 122 cm³/mol. The summed E-state index contributed by atoms with van der Waals surface area (Å²) in [4.78, 5) is 10.0. The van der Waals surface area contributed by atoms with Crippen molar-refractivity contribution in [3.63, 3.8) is 0 Å². The van der Waals surface area contributed by atoms with E-state index in [1.165, 1.54) is 76.7 Å². The van der Waals surface area contributed by atoms with E-state index in [1.54, 1.807) is 0 Å². The van der Waals surface area contributed by atoms with E-state index >= 15 is 0 Å². The molecule has 0 N–H and O–H groups in total. The Morgan fingerprint density at radius 1 is 1.00 bits per heavy atom. The highest BCUT2D eigenvalue weighted by molar-refractivity contribution is 5.98. The third-order valence-corrected chi connectivity index (χ3v) is 9.30. The second kappa shape index (κ2) is 7.91. The first-order chi connectivity index (χ1) is 13.7. The van der Waals surface area contributed by atoms with Crippen LogP contribution in [0.5, 0.6) is 0 Å². The van der Waals surface area contributed by atoms with Crippen LogP contribution in [0.4, 0.5) is 0 Å². The number of fused-ring (bicyclic) bond motifs is 2. The van der Waals surface area contributed by atoms with Gasteiger partial charge in [-0.3, -0.25) is 4.99 Å². The van der Waals surface area contributed by atoms with Gasteiger partial charge in [-0.2, -0.15) is 0 Å². The van der Waals surface area contributed by atoms with Crippen molar-refractivity contribution in [1.82, 2.24) is 9.80 Å². The van der Waals surface area contributed by atoms with Crippen molar-refractivity contribution >= 4 is 5.71 Å². The van der Waals surface area contributed by atoms with Gasteiger partial charge in [0.05, 0.1) is 11.3 Å². The quantitative estimate of drug-likeness (QED) is 0.531. The molecular formula is C25H45N3O. The predicted octanol–water partition coefficient (Wildman–Crippen LogP) is 4.48. The van der Waals surface area contributed by atoms with Crippen molar-refractivity contribution in [2.75, 3.05) is 47.3 Å². The third kappa shape index (κ3) is 3.61. The topological polar surface area (TPSA) is 28.1 Å². The van der Waals surface area contributed by atoms with E-state index in [4.69, 9.17) is 9.73 Å². The summed E-state index contributed by atoms with van der Waals surface area (Å²) >= 11 is 0. The van der Waals surface area contributed by atoms with Crippen LogP contribution < -0.4 is 0 Å². The van der Waals surface area contributed by atoms with Crippen LogP contribution in [0.25, 0.3) is 0 Å². The molecule has 4 fully saturated rings. The van der Waals surface area contributed by atoms with Crippen LogP contribution in [-0.2, 0) is 4.74 Å². The van der Waals surface area contributed by atoms with E-state index in [1.807, 2.05) is 0 Å². The van der Waals surface area contributed by atoms with Gasteiger partial charge in [-0.1, -0.05) is 6.92 Å². The summed E-state index contributed by atoms with van der Waals surface area (Å²) in [5.74, 6) is 2.14. The van der Waals surface area contributed by atoms with Gasteiger partial charge in [0.1, 0.15) is 5.60 Å². The maximum absolute atomic E-state index is 6.94. The number of aliphatic imine (C=N–C) groups is 1. The second-order valence-corrected chi connectivity index (χ2v) is 11.5. The van der Waals surface area contributed by atoms with Gasteiger partial charge in [0.15, 0.2) is 0 Å². The number of hydrogen-bond acceptors (Lipinski definition) is 4. The summed E-state index contributed by atoms with van der Waals surface area (Å²) in [5.41, 5.74) is 1.97. The van der Waals surface area contributed by atoms with Crippen molar-refractivity contribution in [3.05, 3.63) is 0 Å². The van der Waals surface area contributed by atoms with E-state index < -0.39 is 0 Å². The minimum atomic E-state index is -0.0815. The molecule has 3 aliphatic carbocycles. The van der Waals surface area contributed by atoms with Crippen LogP contribution >= 0.6 is 0 Å². The highest BCUT2D eigenvalue weighted by Crippen LogP contribution is 2.71. The van der Waals surface area contributed by atoms with Gasteiger partial charge < -0.3 is 14.5 Å². The number of ether oxygens (including phenoxy) is 1. The van der Waals surface area contributed by atoms with E-state index in [9.17, 15) is 0 Å². The minimum absolute atomic E-state index is 0.0511. The first-order valence-corrected chi connectivity index (χ1v) is 12.3. The molecule has 0 amide bonds. The summed E-state index contributed by atoms with van der Waals surface area (Å²) in [6.45, 7) is 11.9. The number of hydrogen-bond donors (Lipinski definition) is 0. The molecule has 0 aromatic rings. The SMILES string of the molecule is C[C@@H]1CC[C@H]2C13CC[C@@]1(C)O[C@]2(C)C(=NCCCCN(C)CCCN(C)C)[C@H]1C3. The lowest BCUT2D eigenvalue weighted by Gasteiger charge is -2.52. The zero-order chi connectivity index (χ0) is 20.9. The molecule has 0 radical (unpaired) electrons. The molecule has 4 aliphatic rings. The summed E-state index contributed by atoms with van der Waals surface area (Å²) in [6, 6.07) is 0. The highest BCUT2D eigenvalue weighted by atomic mass is 16.5. The summed E-state index contributed by atoms with van der Waals surface area (Å²) < 4.78 is 6.94. The van der Waals surface area contributed by atoms with Crippen molar-refractivity contribution < 1.29 is 4.74 Å². The molecule has 1 aliphatic heterocycles. The third-order valence-electron chi connectivity index (χ3n) is 9.30. The van der Waals surface area contributed by atoms with Crippen LogP contribution in [0, 0.1) is 23.2 Å². The molecule has 166 valence electrons. The fraction of sp³-hybridized carbons (Fsp3) is 0.960. The van der Waals surface area contributed by atoms with E-state index in [0.717, 1.165) is 12.5 Å². The first-order valence-electron chi connectivity index (χ1n) is 12.3. The van der Waals surface area contributed by atoms with Crippen molar-refractivity contribution in [2.45, 2.75) is 83.3 Å². The largest absolute Gasteiger partial charge is 0.362 e. The molecular weight excluding hydrogens is 358 g/mol. The molecule has 29 heavy (non-hydrogen) atoms. The van der Waals surface area contributed by atoms with Gasteiger partial charge in [0.2, 0.25) is 0 Å². The van der Waals surface area contributed by atoms with Crippen LogP contribution in [0.3, 0.4) is 0 Å². The maximum Gasteiger partial charge on any atom is 0.107 e. The lowest BCUT2D eigenvalue weighted by Crippen LogP contribution is -2.56. The average molecular weight is 404 g/mol. The minimum Gasteiger partial charge on any atom is -0.362 e. The highest BCUT2D eigenvalue weighted by Gasteiger charge is 2.73. The number of unbranched alkanes of at least 4 members (excludes halogenated alkanes) is 1. The van der Waals surface area contributed by atoms with Crippen LogP contribution in [0.15, 0.2) is 4.99 Å². The Morgan fingerprint density at radius 2 is 1.76 bits per heavy atom. The monoisotopic (exact) mass is 403 g/mol. The molecule has 1 spiro atoms. The van der Waals surface area contributed by atoms with Gasteiger partial charge in [-0.15, -0.1) is 0 Å². The molecule has 6 atom stereocenters. The molecule has 4 nitrogen and oxygen atoms in total.